The van der Waals surface area contributed by atoms with E-state index in [0.29, 0.717) is 32.1 Å². The second kappa shape index (κ2) is 6.40. The Labute approximate surface area is 187 Å². The molecule has 0 aromatic carbocycles. The predicted molar refractivity (Wildman–Crippen MR) is 112 cm³/mol. The number of aliphatic hydroxyl groups excluding tert-OH is 1. The van der Waals surface area contributed by atoms with Crippen molar-refractivity contribution in [1.82, 2.24) is 0 Å². The van der Waals surface area contributed by atoms with Gasteiger partial charge < -0.3 is 14.6 Å². The summed E-state index contributed by atoms with van der Waals surface area (Å²) in [5.74, 6) is -2.02. The van der Waals surface area contributed by atoms with Crippen LogP contribution in [0.3, 0.4) is 0 Å². The SMILES string of the molecule is CC1(C)O[C@H]2C[C@H]3[C@@H]4CCC5=CC(=O)CC[C@]5(C)[C@]4(F)[C@@H](O)C[C@]3(C)[C@]2(C(=O)CCl)O1. The van der Waals surface area contributed by atoms with Crippen LogP contribution < -0.4 is 0 Å². The molecule has 1 saturated heterocycles. The molecule has 0 bridgehead atoms. The number of fused-ring (bicyclic) bond motifs is 7. The summed E-state index contributed by atoms with van der Waals surface area (Å²) in [5, 5.41) is 11.4. The number of Topliss-reactive ketones (excluding diaryl/α,β-unsaturated/α-hetero) is 1. The smallest absolute Gasteiger partial charge is 0.182 e. The molecule has 8 atom stereocenters. The summed E-state index contributed by atoms with van der Waals surface area (Å²) in [5.41, 5.74) is -4.00. The normalized spacial score (nSPS) is 52.6. The van der Waals surface area contributed by atoms with Crippen LogP contribution in [0.4, 0.5) is 4.39 Å². The molecule has 4 aliphatic carbocycles. The quantitative estimate of drug-likeness (QED) is 0.641. The van der Waals surface area contributed by atoms with Crippen LogP contribution in [0.2, 0.25) is 0 Å². The Bertz CT molecular complexity index is 887. The third kappa shape index (κ3) is 2.43. The first kappa shape index (κ1) is 22.0. The van der Waals surface area contributed by atoms with Crippen LogP contribution in [-0.2, 0) is 19.1 Å². The Morgan fingerprint density at radius 1 is 1.26 bits per heavy atom. The molecule has 1 aliphatic heterocycles. The molecule has 0 amide bonds. The molecule has 3 saturated carbocycles. The number of hydrogen-bond acceptors (Lipinski definition) is 5. The van der Waals surface area contributed by atoms with E-state index in [9.17, 15) is 14.7 Å². The molecule has 0 spiro atoms. The van der Waals surface area contributed by atoms with Gasteiger partial charge >= 0.3 is 0 Å². The maximum absolute atomic E-state index is 17.2. The minimum Gasteiger partial charge on any atom is -0.390 e. The minimum absolute atomic E-state index is 0.0377. The third-order valence-electron chi connectivity index (χ3n) is 9.57. The predicted octanol–water partition coefficient (Wildman–Crippen LogP) is 3.89. The zero-order valence-electron chi connectivity index (χ0n) is 18.7. The molecular weight excluding hydrogens is 423 g/mol. The molecule has 1 N–H and O–H groups in total. The fourth-order valence-corrected chi connectivity index (χ4v) is 8.47. The van der Waals surface area contributed by atoms with Gasteiger partial charge in [0.25, 0.3) is 0 Å². The van der Waals surface area contributed by atoms with E-state index in [2.05, 4.69) is 0 Å². The molecule has 5 aliphatic rings. The number of rotatable bonds is 2. The van der Waals surface area contributed by atoms with Gasteiger partial charge in [0.2, 0.25) is 0 Å². The van der Waals surface area contributed by atoms with E-state index in [-0.39, 0.29) is 29.8 Å². The number of alkyl halides is 2. The Balaban J connectivity index is 1.63. The molecule has 0 radical (unpaired) electrons. The molecule has 1 heterocycles. The average Bonchev–Trinajstić information content (AvgIpc) is 3.09. The average molecular weight is 455 g/mol. The summed E-state index contributed by atoms with van der Waals surface area (Å²) in [7, 11) is 0. The summed E-state index contributed by atoms with van der Waals surface area (Å²) in [4.78, 5) is 25.3. The van der Waals surface area contributed by atoms with Crippen LogP contribution >= 0.6 is 11.6 Å². The lowest BCUT2D eigenvalue weighted by Gasteiger charge is -2.63. The van der Waals surface area contributed by atoms with Crippen molar-refractivity contribution in [2.75, 3.05) is 5.88 Å². The fraction of sp³-hybridized carbons (Fsp3) is 0.833. The van der Waals surface area contributed by atoms with Gasteiger partial charge in [-0.1, -0.05) is 19.4 Å². The number of aliphatic hydroxyl groups is 1. The van der Waals surface area contributed by atoms with Crippen molar-refractivity contribution in [1.29, 1.82) is 0 Å². The number of allylic oxidation sites excluding steroid dienone is 1. The van der Waals surface area contributed by atoms with Crippen molar-refractivity contribution in [2.24, 2.45) is 22.7 Å². The largest absolute Gasteiger partial charge is 0.390 e. The van der Waals surface area contributed by atoms with Gasteiger partial charge in [0.15, 0.2) is 23.0 Å². The van der Waals surface area contributed by atoms with Crippen molar-refractivity contribution >= 4 is 23.2 Å². The lowest BCUT2D eigenvalue weighted by Crippen LogP contribution is -2.70. The zero-order valence-corrected chi connectivity index (χ0v) is 19.4. The van der Waals surface area contributed by atoms with Crippen LogP contribution in [-0.4, -0.2) is 51.8 Å². The Morgan fingerprint density at radius 3 is 2.65 bits per heavy atom. The molecule has 0 aromatic heterocycles. The molecule has 31 heavy (non-hydrogen) atoms. The molecular formula is C24H32ClFO5. The Hall–Kier alpha value is -0.820. The van der Waals surface area contributed by atoms with E-state index < -0.39 is 46.0 Å². The summed E-state index contributed by atoms with van der Waals surface area (Å²) < 4.78 is 29.7. The summed E-state index contributed by atoms with van der Waals surface area (Å²) in [6.45, 7) is 7.38. The van der Waals surface area contributed by atoms with E-state index in [4.69, 9.17) is 21.1 Å². The van der Waals surface area contributed by atoms with Crippen LogP contribution in [0.1, 0.15) is 66.2 Å². The van der Waals surface area contributed by atoms with Crippen molar-refractivity contribution in [3.63, 3.8) is 0 Å². The highest BCUT2D eigenvalue weighted by molar-refractivity contribution is 6.29. The van der Waals surface area contributed by atoms with Gasteiger partial charge in [-0.2, -0.15) is 0 Å². The van der Waals surface area contributed by atoms with Crippen LogP contribution in [0.25, 0.3) is 0 Å². The highest BCUT2D eigenvalue weighted by Crippen LogP contribution is 2.72. The topological polar surface area (TPSA) is 72.8 Å². The van der Waals surface area contributed by atoms with E-state index in [1.807, 2.05) is 13.8 Å². The van der Waals surface area contributed by atoms with Gasteiger partial charge in [-0.3, -0.25) is 9.59 Å². The van der Waals surface area contributed by atoms with Crippen LogP contribution in [0.15, 0.2) is 11.6 Å². The van der Waals surface area contributed by atoms with E-state index in [1.54, 1.807) is 19.9 Å². The Morgan fingerprint density at radius 2 is 1.97 bits per heavy atom. The van der Waals surface area contributed by atoms with E-state index >= 15 is 4.39 Å². The van der Waals surface area contributed by atoms with E-state index in [0.717, 1.165) is 5.57 Å². The van der Waals surface area contributed by atoms with E-state index in [1.165, 1.54) is 0 Å². The van der Waals surface area contributed by atoms with Crippen LogP contribution in [0, 0.1) is 22.7 Å². The highest BCUT2D eigenvalue weighted by Gasteiger charge is 2.80. The van der Waals surface area contributed by atoms with Gasteiger partial charge in [-0.25, -0.2) is 4.39 Å². The second-order valence-corrected chi connectivity index (χ2v) is 11.5. The van der Waals surface area contributed by atoms with Gasteiger partial charge in [0, 0.05) is 23.2 Å². The first-order valence-corrected chi connectivity index (χ1v) is 12.0. The molecule has 0 aromatic rings. The minimum atomic E-state index is -1.86. The van der Waals surface area contributed by atoms with Crippen molar-refractivity contribution in [2.45, 2.75) is 95.5 Å². The summed E-state index contributed by atoms with van der Waals surface area (Å²) in [6.07, 6.45) is 2.28. The van der Waals surface area contributed by atoms with Crippen LogP contribution in [0.5, 0.6) is 0 Å². The molecule has 5 rings (SSSR count). The standard InChI is InChI=1S/C24H32ClFO5/c1-20(2)30-19-10-16-15-6-5-13-9-14(27)7-8-21(13,3)23(15,26)17(28)11-22(16,4)24(19,31-20)18(29)12-25/h9,15-17,19,28H,5-8,10-12H2,1-4H3/t15-,16-,17-,19-,21-,22-,23+,24+/m0/s1. The number of carbonyl (C=O) groups is 2. The zero-order chi connectivity index (χ0) is 22.6. The van der Waals surface area contributed by atoms with Crippen molar-refractivity contribution in [3.8, 4) is 0 Å². The number of carbonyl (C=O) groups excluding carboxylic acids is 2. The molecule has 5 nitrogen and oxygen atoms in total. The number of hydrogen-bond donors (Lipinski definition) is 1. The lowest BCUT2D eigenvalue weighted by atomic mass is 9.44. The third-order valence-corrected chi connectivity index (χ3v) is 9.81. The molecule has 4 fully saturated rings. The first-order valence-electron chi connectivity index (χ1n) is 11.4. The first-order chi connectivity index (χ1) is 14.4. The Kier molecular flexibility index (Phi) is 4.54. The van der Waals surface area contributed by atoms with Gasteiger partial charge in [-0.05, 0) is 57.9 Å². The second-order valence-electron chi connectivity index (χ2n) is 11.3. The van der Waals surface area contributed by atoms with Crippen molar-refractivity contribution in [3.05, 3.63) is 11.6 Å². The molecule has 7 heteroatoms. The van der Waals surface area contributed by atoms with Crippen molar-refractivity contribution < 1.29 is 28.6 Å². The maximum Gasteiger partial charge on any atom is 0.182 e. The molecule has 0 unspecified atom stereocenters. The maximum atomic E-state index is 17.2. The van der Waals surface area contributed by atoms with Gasteiger partial charge in [0.05, 0.1) is 18.1 Å². The molecule has 172 valence electrons. The van der Waals surface area contributed by atoms with Gasteiger partial charge in [-0.15, -0.1) is 11.6 Å². The van der Waals surface area contributed by atoms with Gasteiger partial charge in [0.1, 0.15) is 5.67 Å². The fourth-order valence-electron chi connectivity index (χ4n) is 8.27. The number of ether oxygens (including phenoxy) is 2. The summed E-state index contributed by atoms with van der Waals surface area (Å²) in [6, 6.07) is 0. The number of halogens is 2. The lowest BCUT2D eigenvalue weighted by molar-refractivity contribution is -0.250. The summed E-state index contributed by atoms with van der Waals surface area (Å²) >= 11 is 6.05. The highest BCUT2D eigenvalue weighted by atomic mass is 35.5. The monoisotopic (exact) mass is 454 g/mol. The number of ketones is 2.